The number of rotatable bonds is 18. The van der Waals surface area contributed by atoms with Crippen LogP contribution < -0.4 is 31.1 Å². The third-order valence-corrected chi connectivity index (χ3v) is 12.1. The molecule has 4 aromatic heterocycles. The molecule has 1 saturated carbocycles. The van der Waals surface area contributed by atoms with Gasteiger partial charge < -0.3 is 35.3 Å². The van der Waals surface area contributed by atoms with E-state index in [-0.39, 0.29) is 23.6 Å². The van der Waals surface area contributed by atoms with Crippen LogP contribution in [0.15, 0.2) is 78.1 Å². The van der Waals surface area contributed by atoms with E-state index in [2.05, 4.69) is 36.9 Å². The summed E-state index contributed by atoms with van der Waals surface area (Å²) in [6.07, 6.45) is 13.5. The molecular formula is C46H54F3N9O6. The number of piperidine rings is 1. The fraction of sp³-hybridized carbons (Fsp3) is 0.457. The van der Waals surface area contributed by atoms with Gasteiger partial charge in [0.2, 0.25) is 5.91 Å². The number of carbonyl (C=O) groups is 3. The fourth-order valence-corrected chi connectivity index (χ4v) is 8.61. The molecule has 2 fully saturated rings. The molecular weight excluding hydrogens is 832 g/mol. The number of methoxy groups -OCH3 is 1. The van der Waals surface area contributed by atoms with Crippen molar-refractivity contribution in [2.75, 3.05) is 48.8 Å². The second-order valence-electron chi connectivity index (χ2n) is 16.7. The molecule has 340 valence electrons. The third kappa shape index (κ3) is 12.0. The second kappa shape index (κ2) is 20.9. The number of nitrogens with one attached hydrogen (secondary N) is 3. The van der Waals surface area contributed by atoms with E-state index in [4.69, 9.17) is 14.9 Å². The van der Waals surface area contributed by atoms with Crippen molar-refractivity contribution in [3.8, 4) is 5.75 Å². The Bertz CT molecular complexity index is 2480. The highest BCUT2D eigenvalue weighted by Crippen LogP contribution is 2.35. The zero-order chi connectivity index (χ0) is 45.2. The SMILES string of the molecule is COc1cc2nn(C3CCC(CNCCCCCCc4cncc(N5CCC[C@H](C(=O)Nc6ccc(=O)n(CC(=O)O)c6)C5)c4)CC3)cc2cc1NC(=O)c1cccc(C(F)(F)F)n1. The minimum atomic E-state index is -4.67. The molecule has 1 atom stereocenters. The second-order valence-corrected chi connectivity index (χ2v) is 16.7. The molecule has 4 N–H and O–H groups in total. The normalized spacial score (nSPS) is 17.9. The predicted molar refractivity (Wildman–Crippen MR) is 236 cm³/mol. The van der Waals surface area contributed by atoms with Crippen molar-refractivity contribution < 1.29 is 37.4 Å². The van der Waals surface area contributed by atoms with E-state index in [1.807, 2.05) is 23.3 Å². The van der Waals surface area contributed by atoms with Crippen LogP contribution in [0.25, 0.3) is 10.9 Å². The molecule has 0 spiro atoms. The van der Waals surface area contributed by atoms with Crippen molar-refractivity contribution in [3.05, 3.63) is 101 Å². The third-order valence-electron chi connectivity index (χ3n) is 12.1. The highest BCUT2D eigenvalue weighted by Gasteiger charge is 2.33. The molecule has 1 aliphatic carbocycles. The number of nitrogens with zero attached hydrogens (tertiary/aromatic N) is 6. The number of benzene rings is 1. The fourth-order valence-electron chi connectivity index (χ4n) is 8.61. The smallest absolute Gasteiger partial charge is 0.433 e. The molecule has 64 heavy (non-hydrogen) atoms. The van der Waals surface area contributed by atoms with Crippen LogP contribution in [0.4, 0.5) is 30.2 Å². The standard InChI is InChI=1S/C46H54F3N9O6/c1-64-40-22-38-33(21-39(40)54-45(63)37-10-6-11-41(53-37)46(47,48)49)27-58(55-38)35-15-12-30(13-16-35)23-50-18-5-3-2-4-8-31-20-36(25-51-24-31)56-19-7-9-32(26-56)44(62)52-34-14-17-42(59)57(28-34)29-43(60)61/h6,10-11,14,17,20-22,24-25,27-28,30,32,35,50H,2-5,7-9,12-13,15-16,18-19,23,26,29H2,1H3,(H,52,62)(H,54,63)(H,60,61)/t30?,32-,35?/m0/s1. The molecule has 2 amide bonds. The van der Waals surface area contributed by atoms with E-state index in [0.29, 0.717) is 35.1 Å². The van der Waals surface area contributed by atoms with Gasteiger partial charge in [0.1, 0.15) is 23.7 Å². The van der Waals surface area contributed by atoms with Crippen molar-refractivity contribution in [2.45, 2.75) is 89.4 Å². The maximum atomic E-state index is 13.2. The van der Waals surface area contributed by atoms with Gasteiger partial charge in [0.15, 0.2) is 0 Å². The summed E-state index contributed by atoms with van der Waals surface area (Å²) in [5.41, 5.74) is 1.63. The number of aromatic nitrogens is 5. The lowest BCUT2D eigenvalue weighted by Crippen LogP contribution is -2.41. The Morgan fingerprint density at radius 3 is 2.53 bits per heavy atom. The molecule has 15 nitrogen and oxygen atoms in total. The van der Waals surface area contributed by atoms with Crippen LogP contribution >= 0.6 is 0 Å². The first-order chi connectivity index (χ1) is 30.8. The Labute approximate surface area is 368 Å². The number of carboxylic acids is 1. The summed E-state index contributed by atoms with van der Waals surface area (Å²) in [5, 5.41) is 23.8. The Kier molecular flexibility index (Phi) is 14.9. The average Bonchev–Trinajstić information content (AvgIpc) is 3.71. The number of ether oxygens (including phenoxy) is 1. The van der Waals surface area contributed by atoms with Crippen LogP contribution in [-0.2, 0) is 28.7 Å². The molecule has 7 rings (SSSR count). The molecule has 1 aliphatic heterocycles. The number of hydrogen-bond donors (Lipinski definition) is 4. The van der Waals surface area contributed by atoms with Gasteiger partial charge in [-0.25, -0.2) is 4.98 Å². The summed E-state index contributed by atoms with van der Waals surface area (Å²) >= 11 is 0. The number of pyridine rings is 3. The van der Waals surface area contributed by atoms with Gasteiger partial charge in [-0.2, -0.15) is 18.3 Å². The maximum Gasteiger partial charge on any atom is 0.433 e. The summed E-state index contributed by atoms with van der Waals surface area (Å²) < 4.78 is 48.0. The van der Waals surface area contributed by atoms with Crippen LogP contribution in [0.5, 0.6) is 5.75 Å². The van der Waals surface area contributed by atoms with Crippen LogP contribution in [0, 0.1) is 11.8 Å². The van der Waals surface area contributed by atoms with Crippen molar-refractivity contribution >= 4 is 45.7 Å². The first kappa shape index (κ1) is 45.7. The lowest BCUT2D eigenvalue weighted by atomic mass is 9.86. The van der Waals surface area contributed by atoms with Crippen LogP contribution in [-0.4, -0.2) is 80.5 Å². The van der Waals surface area contributed by atoms with Crippen molar-refractivity contribution in [1.82, 2.24) is 29.6 Å². The predicted octanol–water partition coefficient (Wildman–Crippen LogP) is 7.33. The minimum absolute atomic E-state index is 0.162. The van der Waals surface area contributed by atoms with E-state index in [0.717, 1.165) is 118 Å². The van der Waals surface area contributed by atoms with Gasteiger partial charge in [-0.1, -0.05) is 18.9 Å². The first-order valence-corrected chi connectivity index (χ1v) is 21.9. The molecule has 0 radical (unpaired) electrons. The van der Waals surface area contributed by atoms with Crippen LogP contribution in [0.3, 0.4) is 0 Å². The maximum absolute atomic E-state index is 13.2. The number of fused-ring (bicyclic) bond motifs is 1. The lowest BCUT2D eigenvalue weighted by molar-refractivity contribution is -0.141. The highest BCUT2D eigenvalue weighted by atomic mass is 19.4. The summed E-state index contributed by atoms with van der Waals surface area (Å²) in [5.74, 6) is -1.41. The highest BCUT2D eigenvalue weighted by molar-refractivity contribution is 6.05. The summed E-state index contributed by atoms with van der Waals surface area (Å²) in [6.45, 7) is 2.85. The van der Waals surface area contributed by atoms with E-state index in [1.54, 1.807) is 12.1 Å². The molecule has 2 aliphatic rings. The van der Waals surface area contributed by atoms with E-state index >= 15 is 0 Å². The number of alkyl halides is 3. The summed E-state index contributed by atoms with van der Waals surface area (Å²) in [7, 11) is 1.45. The van der Waals surface area contributed by atoms with Gasteiger partial charge >= 0.3 is 12.1 Å². The molecule has 0 unspecified atom stereocenters. The zero-order valence-corrected chi connectivity index (χ0v) is 35.8. The molecule has 1 aromatic carbocycles. The van der Waals surface area contributed by atoms with E-state index < -0.39 is 35.9 Å². The number of halogens is 3. The van der Waals surface area contributed by atoms with Crippen LogP contribution in [0.1, 0.15) is 92.0 Å². The molecule has 5 aromatic rings. The lowest BCUT2D eigenvalue weighted by Gasteiger charge is -2.33. The topological polar surface area (TPSA) is 186 Å². The summed E-state index contributed by atoms with van der Waals surface area (Å²) in [6, 6.07) is 11.8. The van der Waals surface area contributed by atoms with Crippen LogP contribution in [0.2, 0.25) is 0 Å². The minimum Gasteiger partial charge on any atom is -0.494 e. The average molecular weight is 886 g/mol. The number of anilines is 3. The van der Waals surface area contributed by atoms with Gasteiger partial charge in [0, 0.05) is 49.2 Å². The summed E-state index contributed by atoms with van der Waals surface area (Å²) in [4.78, 5) is 59.3. The Balaban J connectivity index is 0.789. The Hall–Kier alpha value is -6.30. The van der Waals surface area contributed by atoms with Gasteiger partial charge in [-0.15, -0.1) is 0 Å². The number of aliphatic carboxylic acids is 1. The number of hydrogen-bond acceptors (Lipinski definition) is 10. The van der Waals surface area contributed by atoms with Crippen molar-refractivity contribution in [1.29, 1.82) is 0 Å². The molecule has 1 saturated heterocycles. The van der Waals surface area contributed by atoms with E-state index in [9.17, 15) is 32.3 Å². The molecule has 18 heteroatoms. The van der Waals surface area contributed by atoms with Crippen molar-refractivity contribution in [3.63, 3.8) is 0 Å². The number of unbranched alkanes of at least 4 members (excludes halogenated alkanes) is 3. The Morgan fingerprint density at radius 2 is 1.75 bits per heavy atom. The number of aryl methyl sites for hydroxylation is 1. The Morgan fingerprint density at radius 1 is 0.938 bits per heavy atom. The largest absolute Gasteiger partial charge is 0.494 e. The number of amides is 2. The van der Waals surface area contributed by atoms with Gasteiger partial charge in [0.25, 0.3) is 11.5 Å². The van der Waals surface area contributed by atoms with Crippen molar-refractivity contribution in [2.24, 2.45) is 11.8 Å². The zero-order valence-electron chi connectivity index (χ0n) is 35.8. The number of carboxylic acid groups (broad SMARTS) is 1. The number of carbonyl (C=O) groups excluding carboxylic acids is 2. The first-order valence-electron chi connectivity index (χ1n) is 21.9. The monoisotopic (exact) mass is 885 g/mol. The molecule has 0 bridgehead atoms. The van der Waals surface area contributed by atoms with Gasteiger partial charge in [-0.3, -0.25) is 28.8 Å². The van der Waals surface area contributed by atoms with Gasteiger partial charge in [-0.05, 0) is 113 Å². The quantitative estimate of drug-likeness (QED) is 0.0646. The van der Waals surface area contributed by atoms with Gasteiger partial charge in [0.05, 0.1) is 47.8 Å². The molecule has 5 heterocycles. The van der Waals surface area contributed by atoms with E-state index in [1.165, 1.54) is 37.1 Å².